The maximum atomic E-state index is 12.1. The molecular formula is C10H16F3NO2. The van der Waals surface area contributed by atoms with Crippen molar-refractivity contribution in [2.24, 2.45) is 5.92 Å². The van der Waals surface area contributed by atoms with E-state index in [-0.39, 0.29) is 18.9 Å². The number of carbonyl (C=O) groups is 1. The number of amides is 1. The van der Waals surface area contributed by atoms with Gasteiger partial charge in [0.05, 0.1) is 6.61 Å². The summed E-state index contributed by atoms with van der Waals surface area (Å²) in [5, 5.41) is 8.63. The van der Waals surface area contributed by atoms with E-state index < -0.39 is 25.2 Å². The van der Waals surface area contributed by atoms with E-state index in [0.29, 0.717) is 4.90 Å². The van der Waals surface area contributed by atoms with Crippen LogP contribution in [0.4, 0.5) is 13.2 Å². The Morgan fingerprint density at radius 3 is 2.38 bits per heavy atom. The van der Waals surface area contributed by atoms with Gasteiger partial charge in [0.2, 0.25) is 5.91 Å². The van der Waals surface area contributed by atoms with E-state index >= 15 is 0 Å². The highest BCUT2D eigenvalue weighted by Crippen LogP contribution is 2.30. The van der Waals surface area contributed by atoms with E-state index in [9.17, 15) is 18.0 Å². The van der Waals surface area contributed by atoms with Gasteiger partial charge in [-0.05, 0) is 18.8 Å². The number of hydrogen-bond donors (Lipinski definition) is 1. The normalized spacial score (nSPS) is 17.0. The number of halogens is 3. The molecule has 0 saturated heterocycles. The zero-order valence-corrected chi connectivity index (χ0v) is 8.96. The van der Waals surface area contributed by atoms with Crippen LogP contribution in [0.3, 0.4) is 0 Å². The fraction of sp³-hybridized carbons (Fsp3) is 0.900. The van der Waals surface area contributed by atoms with Gasteiger partial charge < -0.3 is 10.0 Å². The lowest BCUT2D eigenvalue weighted by molar-refractivity contribution is -0.162. The molecule has 0 aliphatic heterocycles. The second-order valence-corrected chi connectivity index (χ2v) is 4.16. The molecule has 1 amide bonds. The van der Waals surface area contributed by atoms with E-state index in [1.54, 1.807) is 0 Å². The topological polar surface area (TPSA) is 40.5 Å². The molecule has 0 unspecified atom stereocenters. The summed E-state index contributed by atoms with van der Waals surface area (Å²) in [6, 6.07) is 0. The van der Waals surface area contributed by atoms with E-state index in [1.807, 2.05) is 0 Å². The number of rotatable bonds is 5. The van der Waals surface area contributed by atoms with Crippen molar-refractivity contribution < 1.29 is 23.1 Å². The standard InChI is InChI=1S/C10H16F3NO2/c11-10(12,13)7-14(4-5-15)9(16)6-8-2-1-3-8/h8,15H,1-7H2. The van der Waals surface area contributed by atoms with Crippen molar-refractivity contribution in [2.75, 3.05) is 19.7 Å². The van der Waals surface area contributed by atoms with Crippen LogP contribution in [0.1, 0.15) is 25.7 Å². The van der Waals surface area contributed by atoms with Gasteiger partial charge in [-0.15, -0.1) is 0 Å². The van der Waals surface area contributed by atoms with Crippen molar-refractivity contribution in [3.05, 3.63) is 0 Å². The van der Waals surface area contributed by atoms with E-state index in [2.05, 4.69) is 0 Å². The molecule has 1 saturated carbocycles. The number of nitrogens with zero attached hydrogens (tertiary/aromatic N) is 1. The summed E-state index contributed by atoms with van der Waals surface area (Å²) in [7, 11) is 0. The summed E-state index contributed by atoms with van der Waals surface area (Å²) in [5.41, 5.74) is 0. The summed E-state index contributed by atoms with van der Waals surface area (Å²) in [4.78, 5) is 12.2. The lowest BCUT2D eigenvalue weighted by Gasteiger charge is -2.29. The number of carbonyl (C=O) groups excluding carboxylic acids is 1. The molecule has 1 aliphatic rings. The summed E-state index contributed by atoms with van der Waals surface area (Å²) >= 11 is 0. The molecule has 1 aliphatic carbocycles. The fourth-order valence-corrected chi connectivity index (χ4v) is 1.70. The van der Waals surface area contributed by atoms with Gasteiger partial charge in [0, 0.05) is 13.0 Å². The quantitative estimate of drug-likeness (QED) is 0.791. The average molecular weight is 239 g/mol. The Bertz CT molecular complexity index is 239. The Labute approximate surface area is 92.2 Å². The maximum Gasteiger partial charge on any atom is 0.406 e. The average Bonchev–Trinajstić information content (AvgIpc) is 2.08. The molecule has 1 rings (SSSR count). The van der Waals surface area contributed by atoms with Crippen LogP contribution in [0.2, 0.25) is 0 Å². The third kappa shape index (κ3) is 4.38. The van der Waals surface area contributed by atoms with Gasteiger partial charge in [-0.3, -0.25) is 4.79 Å². The van der Waals surface area contributed by atoms with Gasteiger partial charge in [-0.2, -0.15) is 13.2 Å². The van der Waals surface area contributed by atoms with E-state index in [1.165, 1.54) is 0 Å². The molecule has 0 atom stereocenters. The summed E-state index contributed by atoms with van der Waals surface area (Å²) in [5.74, 6) is -0.266. The summed E-state index contributed by atoms with van der Waals surface area (Å²) < 4.78 is 36.4. The highest BCUT2D eigenvalue weighted by atomic mass is 19.4. The molecule has 16 heavy (non-hydrogen) atoms. The molecule has 3 nitrogen and oxygen atoms in total. The van der Waals surface area contributed by atoms with Crippen molar-refractivity contribution in [3.63, 3.8) is 0 Å². The summed E-state index contributed by atoms with van der Waals surface area (Å²) in [6.45, 7) is -1.95. The second kappa shape index (κ2) is 5.52. The highest BCUT2D eigenvalue weighted by Gasteiger charge is 2.33. The Balaban J connectivity index is 2.43. The smallest absolute Gasteiger partial charge is 0.395 e. The molecule has 0 radical (unpaired) electrons. The molecule has 1 N–H and O–H groups in total. The molecule has 94 valence electrons. The predicted octanol–water partition coefficient (Wildman–Crippen LogP) is 1.56. The first-order valence-corrected chi connectivity index (χ1v) is 5.38. The van der Waals surface area contributed by atoms with Crippen LogP contribution >= 0.6 is 0 Å². The number of aliphatic hydroxyl groups excluding tert-OH is 1. The second-order valence-electron chi connectivity index (χ2n) is 4.16. The third-order valence-electron chi connectivity index (χ3n) is 2.78. The minimum atomic E-state index is -4.40. The van der Waals surface area contributed by atoms with Crippen molar-refractivity contribution in [2.45, 2.75) is 31.9 Å². The first kappa shape index (κ1) is 13.3. The molecule has 0 aromatic carbocycles. The Hall–Kier alpha value is -0.780. The molecule has 0 aromatic heterocycles. The SMILES string of the molecule is O=C(CC1CCC1)N(CCO)CC(F)(F)F. The van der Waals surface area contributed by atoms with Crippen LogP contribution in [0.5, 0.6) is 0 Å². The van der Waals surface area contributed by atoms with Crippen LogP contribution in [0.15, 0.2) is 0 Å². The Kier molecular flexibility index (Phi) is 4.58. The molecule has 6 heteroatoms. The van der Waals surface area contributed by atoms with Crippen molar-refractivity contribution in [3.8, 4) is 0 Å². The van der Waals surface area contributed by atoms with Gasteiger partial charge in [-0.1, -0.05) is 6.42 Å². The van der Waals surface area contributed by atoms with Crippen molar-refractivity contribution in [1.82, 2.24) is 4.90 Å². The lowest BCUT2D eigenvalue weighted by atomic mass is 9.82. The van der Waals surface area contributed by atoms with Gasteiger partial charge in [0.1, 0.15) is 6.54 Å². The number of hydrogen-bond acceptors (Lipinski definition) is 2. The first-order valence-electron chi connectivity index (χ1n) is 5.38. The van der Waals surface area contributed by atoms with Gasteiger partial charge in [0.25, 0.3) is 0 Å². The number of alkyl halides is 3. The van der Waals surface area contributed by atoms with E-state index in [4.69, 9.17) is 5.11 Å². The fourth-order valence-electron chi connectivity index (χ4n) is 1.70. The Morgan fingerprint density at radius 2 is 2.00 bits per heavy atom. The minimum absolute atomic E-state index is 0.177. The summed E-state index contributed by atoms with van der Waals surface area (Å²) in [6.07, 6.45) is -1.33. The zero-order chi connectivity index (χ0) is 12.2. The van der Waals surface area contributed by atoms with Crippen molar-refractivity contribution >= 4 is 5.91 Å². The largest absolute Gasteiger partial charge is 0.406 e. The number of aliphatic hydroxyl groups is 1. The van der Waals surface area contributed by atoms with Crippen LogP contribution in [0, 0.1) is 5.92 Å². The first-order chi connectivity index (χ1) is 7.42. The van der Waals surface area contributed by atoms with Gasteiger partial charge >= 0.3 is 6.18 Å². The van der Waals surface area contributed by atoms with Crippen molar-refractivity contribution in [1.29, 1.82) is 0 Å². The van der Waals surface area contributed by atoms with Crippen LogP contribution in [-0.4, -0.2) is 41.8 Å². The molecule has 0 heterocycles. The monoisotopic (exact) mass is 239 g/mol. The van der Waals surface area contributed by atoms with E-state index in [0.717, 1.165) is 19.3 Å². The molecule has 0 spiro atoms. The van der Waals surface area contributed by atoms with Crippen LogP contribution in [0.25, 0.3) is 0 Å². The molecule has 0 bridgehead atoms. The minimum Gasteiger partial charge on any atom is -0.395 e. The molecule has 1 fully saturated rings. The zero-order valence-electron chi connectivity index (χ0n) is 8.96. The van der Waals surface area contributed by atoms with Crippen LogP contribution < -0.4 is 0 Å². The maximum absolute atomic E-state index is 12.1. The van der Waals surface area contributed by atoms with Gasteiger partial charge in [0.15, 0.2) is 0 Å². The predicted molar refractivity (Wildman–Crippen MR) is 51.7 cm³/mol. The van der Waals surface area contributed by atoms with Crippen LogP contribution in [-0.2, 0) is 4.79 Å². The molecule has 0 aromatic rings. The van der Waals surface area contributed by atoms with Gasteiger partial charge in [-0.25, -0.2) is 0 Å². The third-order valence-corrected chi connectivity index (χ3v) is 2.78. The lowest BCUT2D eigenvalue weighted by Crippen LogP contribution is -2.41. The Morgan fingerprint density at radius 1 is 1.38 bits per heavy atom. The molecular weight excluding hydrogens is 223 g/mol. The highest BCUT2D eigenvalue weighted by molar-refractivity contribution is 5.76.